The maximum atomic E-state index is 13.7. The molecule has 0 aliphatic carbocycles. The van der Waals surface area contributed by atoms with E-state index in [0.717, 1.165) is 6.07 Å². The van der Waals surface area contributed by atoms with E-state index in [4.69, 9.17) is 0 Å². The van der Waals surface area contributed by atoms with Gasteiger partial charge in [0.15, 0.2) is 0 Å². The van der Waals surface area contributed by atoms with E-state index in [1.165, 1.54) is 30.6 Å². The number of hydrogen-bond donors (Lipinski definition) is 1. The molecule has 1 heterocycles. The highest BCUT2D eigenvalue weighted by molar-refractivity contribution is 9.10. The van der Waals surface area contributed by atoms with Crippen LogP contribution in [0.4, 0.5) is 8.78 Å². The predicted octanol–water partition coefficient (Wildman–Crippen LogP) is 3.20. The van der Waals surface area contributed by atoms with Gasteiger partial charge in [0, 0.05) is 12.4 Å². The zero-order valence-electron chi connectivity index (χ0n) is 8.57. The molecule has 1 unspecified atom stereocenters. The first kappa shape index (κ1) is 12.1. The van der Waals surface area contributed by atoms with Crippen molar-refractivity contribution in [1.29, 1.82) is 0 Å². The Labute approximate surface area is 105 Å². The molecule has 0 amide bonds. The molecule has 0 saturated carbocycles. The summed E-state index contributed by atoms with van der Waals surface area (Å²) < 4.78 is 27.4. The summed E-state index contributed by atoms with van der Waals surface area (Å²) in [5.41, 5.74) is 0.0153. The molecule has 0 aliphatic heterocycles. The van der Waals surface area contributed by atoms with Gasteiger partial charge in [-0.25, -0.2) is 8.78 Å². The minimum Gasteiger partial charge on any atom is -0.383 e. The summed E-state index contributed by atoms with van der Waals surface area (Å²) in [6.07, 6.45) is 1.55. The van der Waals surface area contributed by atoms with E-state index in [9.17, 15) is 13.9 Å². The Balaban J connectivity index is 2.51. The Bertz CT molecular complexity index is 534. The topological polar surface area (TPSA) is 33.1 Å². The van der Waals surface area contributed by atoms with Gasteiger partial charge in [0.2, 0.25) is 0 Å². The molecule has 2 rings (SSSR count). The Morgan fingerprint density at radius 3 is 2.41 bits per heavy atom. The SMILES string of the molecule is OC(c1ccncc1)c1c(F)ccc(Br)c1F. The first-order valence-electron chi connectivity index (χ1n) is 4.82. The van der Waals surface area contributed by atoms with Crippen LogP contribution >= 0.6 is 15.9 Å². The van der Waals surface area contributed by atoms with Gasteiger partial charge < -0.3 is 5.11 Å². The van der Waals surface area contributed by atoms with Gasteiger partial charge in [-0.15, -0.1) is 0 Å². The van der Waals surface area contributed by atoms with Gasteiger partial charge in [0.05, 0.1) is 10.0 Å². The van der Waals surface area contributed by atoms with Gasteiger partial charge in [-0.05, 0) is 45.8 Å². The molecule has 0 bridgehead atoms. The van der Waals surface area contributed by atoms with Crippen LogP contribution in [0.25, 0.3) is 0 Å². The van der Waals surface area contributed by atoms with Gasteiger partial charge in [-0.1, -0.05) is 0 Å². The molecule has 2 aromatic rings. The fourth-order valence-corrected chi connectivity index (χ4v) is 1.85. The lowest BCUT2D eigenvalue weighted by Crippen LogP contribution is -2.06. The summed E-state index contributed by atoms with van der Waals surface area (Å²) >= 11 is 2.96. The number of aliphatic hydroxyl groups excluding tert-OH is 1. The smallest absolute Gasteiger partial charge is 0.146 e. The average Bonchev–Trinajstić information content (AvgIpc) is 2.35. The molecule has 5 heteroatoms. The lowest BCUT2D eigenvalue weighted by molar-refractivity contribution is 0.208. The van der Waals surface area contributed by atoms with E-state index in [-0.39, 0.29) is 10.0 Å². The van der Waals surface area contributed by atoms with Crippen molar-refractivity contribution in [2.24, 2.45) is 0 Å². The van der Waals surface area contributed by atoms with Crippen LogP contribution in [-0.2, 0) is 0 Å². The number of hydrogen-bond acceptors (Lipinski definition) is 2. The lowest BCUT2D eigenvalue weighted by Gasteiger charge is -2.13. The third-order valence-corrected chi connectivity index (χ3v) is 2.99. The van der Waals surface area contributed by atoms with E-state index in [2.05, 4.69) is 20.9 Å². The maximum absolute atomic E-state index is 13.7. The number of nitrogens with zero attached hydrogens (tertiary/aromatic N) is 1. The summed E-state index contributed by atoms with van der Waals surface area (Å²) in [5.74, 6) is -1.58. The Hall–Kier alpha value is -1.33. The number of halogens is 3. The van der Waals surface area contributed by atoms with Crippen molar-refractivity contribution in [2.45, 2.75) is 6.10 Å². The molecular formula is C12H8BrF2NO. The normalized spacial score (nSPS) is 12.5. The van der Waals surface area contributed by atoms with Gasteiger partial charge in [0.25, 0.3) is 0 Å². The minimum atomic E-state index is -1.35. The van der Waals surface area contributed by atoms with Crippen molar-refractivity contribution >= 4 is 15.9 Å². The Kier molecular flexibility index (Phi) is 3.49. The van der Waals surface area contributed by atoms with E-state index < -0.39 is 17.7 Å². The van der Waals surface area contributed by atoms with Crippen molar-refractivity contribution in [3.63, 3.8) is 0 Å². The maximum Gasteiger partial charge on any atom is 0.146 e. The number of aliphatic hydroxyl groups is 1. The van der Waals surface area contributed by atoms with Crippen LogP contribution in [0.2, 0.25) is 0 Å². The second-order valence-corrected chi connectivity index (χ2v) is 4.29. The molecular weight excluding hydrogens is 292 g/mol. The molecule has 17 heavy (non-hydrogen) atoms. The summed E-state index contributed by atoms with van der Waals surface area (Å²) in [6.45, 7) is 0. The molecule has 0 spiro atoms. The molecule has 0 saturated heterocycles. The Morgan fingerprint density at radius 2 is 1.76 bits per heavy atom. The van der Waals surface area contributed by atoms with Crippen LogP contribution in [0.3, 0.4) is 0 Å². The molecule has 1 N–H and O–H groups in total. The van der Waals surface area contributed by atoms with Crippen molar-refractivity contribution in [2.75, 3.05) is 0 Å². The average molecular weight is 300 g/mol. The summed E-state index contributed by atoms with van der Waals surface area (Å²) in [4.78, 5) is 3.78. The van der Waals surface area contributed by atoms with E-state index in [1.807, 2.05) is 0 Å². The number of pyridine rings is 1. The third-order valence-electron chi connectivity index (χ3n) is 2.37. The molecule has 1 atom stereocenters. The Morgan fingerprint density at radius 1 is 1.12 bits per heavy atom. The molecule has 2 nitrogen and oxygen atoms in total. The quantitative estimate of drug-likeness (QED) is 0.864. The molecule has 0 fully saturated rings. The van der Waals surface area contributed by atoms with Gasteiger partial charge in [0.1, 0.15) is 17.7 Å². The molecule has 88 valence electrons. The summed E-state index contributed by atoms with van der Waals surface area (Å²) in [5, 5.41) is 9.95. The van der Waals surface area contributed by atoms with Crippen LogP contribution < -0.4 is 0 Å². The zero-order chi connectivity index (χ0) is 12.4. The zero-order valence-corrected chi connectivity index (χ0v) is 10.2. The van der Waals surface area contributed by atoms with Crippen LogP contribution in [-0.4, -0.2) is 10.1 Å². The summed E-state index contributed by atoms with van der Waals surface area (Å²) in [6, 6.07) is 5.37. The van der Waals surface area contributed by atoms with E-state index in [0.29, 0.717) is 5.56 Å². The van der Waals surface area contributed by atoms with Crippen molar-refractivity contribution in [3.05, 3.63) is 63.9 Å². The highest BCUT2D eigenvalue weighted by Gasteiger charge is 2.21. The molecule has 1 aromatic heterocycles. The van der Waals surface area contributed by atoms with Gasteiger partial charge >= 0.3 is 0 Å². The minimum absolute atomic E-state index is 0.113. The molecule has 0 radical (unpaired) electrons. The fourth-order valence-electron chi connectivity index (χ4n) is 1.51. The first-order chi connectivity index (χ1) is 8.11. The lowest BCUT2D eigenvalue weighted by atomic mass is 10.0. The van der Waals surface area contributed by atoms with Crippen LogP contribution in [0, 0.1) is 11.6 Å². The van der Waals surface area contributed by atoms with Crippen molar-refractivity contribution in [3.8, 4) is 0 Å². The number of benzene rings is 1. The second-order valence-electron chi connectivity index (χ2n) is 3.44. The van der Waals surface area contributed by atoms with Gasteiger partial charge in [-0.2, -0.15) is 0 Å². The van der Waals surface area contributed by atoms with Gasteiger partial charge in [-0.3, -0.25) is 4.98 Å². The third kappa shape index (κ3) is 2.35. The fraction of sp³-hybridized carbons (Fsp3) is 0.0833. The second kappa shape index (κ2) is 4.89. The standard InChI is InChI=1S/C12H8BrF2NO/c13-8-1-2-9(14)10(11(8)15)12(17)7-3-5-16-6-4-7/h1-6,12,17H. The summed E-state index contributed by atoms with van der Waals surface area (Å²) in [7, 11) is 0. The first-order valence-corrected chi connectivity index (χ1v) is 5.62. The monoisotopic (exact) mass is 299 g/mol. The highest BCUT2D eigenvalue weighted by Crippen LogP contribution is 2.30. The molecule has 0 aliphatic rings. The van der Waals surface area contributed by atoms with Crippen LogP contribution in [0.15, 0.2) is 41.1 Å². The van der Waals surface area contributed by atoms with E-state index in [1.54, 1.807) is 0 Å². The highest BCUT2D eigenvalue weighted by atomic mass is 79.9. The predicted molar refractivity (Wildman–Crippen MR) is 62.4 cm³/mol. The molecule has 1 aromatic carbocycles. The van der Waals surface area contributed by atoms with Crippen LogP contribution in [0.1, 0.15) is 17.2 Å². The van der Waals surface area contributed by atoms with E-state index >= 15 is 0 Å². The van der Waals surface area contributed by atoms with Crippen molar-refractivity contribution in [1.82, 2.24) is 4.98 Å². The number of rotatable bonds is 2. The van der Waals surface area contributed by atoms with Crippen molar-refractivity contribution < 1.29 is 13.9 Å². The number of aromatic nitrogens is 1. The van der Waals surface area contributed by atoms with Crippen LogP contribution in [0.5, 0.6) is 0 Å². The largest absolute Gasteiger partial charge is 0.383 e.